The molecule has 3 heterocycles. The summed E-state index contributed by atoms with van der Waals surface area (Å²) in [5, 5.41) is 13.2. The maximum absolute atomic E-state index is 12.8. The summed E-state index contributed by atoms with van der Waals surface area (Å²) in [6.07, 6.45) is -0.0389. The number of rotatable bonds is 8. The van der Waals surface area contributed by atoms with Crippen LogP contribution < -0.4 is 10.1 Å². The van der Waals surface area contributed by atoms with Crippen LogP contribution in [-0.2, 0) is 32.0 Å². The number of amides is 2. The molecule has 0 radical (unpaired) electrons. The molecule has 1 saturated heterocycles. The summed E-state index contributed by atoms with van der Waals surface area (Å²) in [5.74, 6) is 0.806. The Bertz CT molecular complexity index is 1190. The molecule has 2 aliphatic rings. The SMILES string of the molecule is C=C1OCC(COC(=O)N2CCc3c(sc(NC(=O)CC(C)c4cccc(OCC)c4)c3C#N)C2)O1. The number of hydrogen-bond acceptors (Lipinski definition) is 8. The Labute approximate surface area is 214 Å². The van der Waals surface area contributed by atoms with Gasteiger partial charge in [-0.2, -0.15) is 5.26 Å². The van der Waals surface area contributed by atoms with Gasteiger partial charge in [-0.05, 0) is 49.1 Å². The van der Waals surface area contributed by atoms with E-state index in [1.807, 2.05) is 38.1 Å². The van der Waals surface area contributed by atoms with Gasteiger partial charge in [-0.3, -0.25) is 4.79 Å². The smallest absolute Gasteiger partial charge is 0.410 e. The van der Waals surface area contributed by atoms with E-state index < -0.39 is 6.09 Å². The van der Waals surface area contributed by atoms with Gasteiger partial charge >= 0.3 is 6.09 Å². The highest BCUT2D eigenvalue weighted by Gasteiger charge is 2.30. The molecule has 190 valence electrons. The zero-order valence-corrected chi connectivity index (χ0v) is 21.2. The molecular formula is C26H29N3O6S. The number of benzene rings is 1. The lowest BCUT2D eigenvalue weighted by atomic mass is 9.97. The van der Waals surface area contributed by atoms with E-state index in [0.717, 1.165) is 21.8 Å². The number of thiophene rings is 1. The van der Waals surface area contributed by atoms with Crippen molar-refractivity contribution < 1.29 is 28.5 Å². The van der Waals surface area contributed by atoms with E-state index in [1.165, 1.54) is 11.3 Å². The maximum atomic E-state index is 12.8. The largest absolute Gasteiger partial charge is 0.494 e. The van der Waals surface area contributed by atoms with Crippen molar-refractivity contribution >= 4 is 28.3 Å². The number of carbonyl (C=O) groups excluding carboxylic acids is 2. The summed E-state index contributed by atoms with van der Waals surface area (Å²) in [6, 6.07) is 9.96. The van der Waals surface area contributed by atoms with Crippen LogP contribution in [0.4, 0.5) is 9.80 Å². The first kappa shape index (κ1) is 25.4. The minimum atomic E-state index is -0.456. The first-order valence-corrected chi connectivity index (χ1v) is 12.7. The molecule has 2 aromatic rings. The Morgan fingerprint density at radius 1 is 1.42 bits per heavy atom. The first-order valence-electron chi connectivity index (χ1n) is 11.8. The third kappa shape index (κ3) is 5.91. The van der Waals surface area contributed by atoms with Gasteiger partial charge in [0.25, 0.3) is 5.95 Å². The molecule has 0 saturated carbocycles. The molecule has 1 aromatic heterocycles. The molecule has 4 rings (SSSR count). The number of fused-ring (bicyclic) bond motifs is 1. The molecule has 36 heavy (non-hydrogen) atoms. The predicted octanol–water partition coefficient (Wildman–Crippen LogP) is 4.53. The Morgan fingerprint density at radius 3 is 2.97 bits per heavy atom. The van der Waals surface area contributed by atoms with Crippen LogP contribution in [0.2, 0.25) is 0 Å². The zero-order valence-electron chi connectivity index (χ0n) is 20.4. The van der Waals surface area contributed by atoms with Crippen molar-refractivity contribution in [3.63, 3.8) is 0 Å². The molecule has 2 atom stereocenters. The molecule has 1 N–H and O–H groups in total. The lowest BCUT2D eigenvalue weighted by Crippen LogP contribution is -2.37. The lowest BCUT2D eigenvalue weighted by molar-refractivity contribution is -0.116. The van der Waals surface area contributed by atoms with Crippen LogP contribution in [0, 0.1) is 11.3 Å². The van der Waals surface area contributed by atoms with Gasteiger partial charge in [0.1, 0.15) is 30.0 Å². The molecule has 9 nitrogen and oxygen atoms in total. The number of anilines is 1. The number of nitrogens with zero attached hydrogens (tertiary/aromatic N) is 2. The first-order chi connectivity index (χ1) is 17.4. The highest BCUT2D eigenvalue weighted by Crippen LogP contribution is 2.37. The molecule has 1 aromatic carbocycles. The van der Waals surface area contributed by atoms with Gasteiger partial charge in [-0.1, -0.05) is 19.1 Å². The maximum Gasteiger partial charge on any atom is 0.410 e. The van der Waals surface area contributed by atoms with Gasteiger partial charge in [0, 0.05) is 17.8 Å². The van der Waals surface area contributed by atoms with Gasteiger partial charge in [0.15, 0.2) is 6.10 Å². The van der Waals surface area contributed by atoms with Crippen molar-refractivity contribution in [3.8, 4) is 11.8 Å². The molecule has 2 amide bonds. The van der Waals surface area contributed by atoms with E-state index in [4.69, 9.17) is 18.9 Å². The number of ether oxygens (including phenoxy) is 4. The summed E-state index contributed by atoms with van der Waals surface area (Å²) >= 11 is 1.33. The van der Waals surface area contributed by atoms with Crippen molar-refractivity contribution in [1.82, 2.24) is 4.90 Å². The van der Waals surface area contributed by atoms with Gasteiger partial charge in [0.05, 0.1) is 18.7 Å². The third-order valence-electron chi connectivity index (χ3n) is 6.03. The van der Waals surface area contributed by atoms with Crippen LogP contribution >= 0.6 is 11.3 Å². The standard InChI is InChI=1S/C26H29N3O6S/c1-4-32-19-7-5-6-18(11-19)16(2)10-24(30)28-25-22(12-27)21-8-9-29(13-23(21)36-25)26(31)34-15-20-14-33-17(3)35-20/h5-7,11,16,20H,3-4,8-10,13-15H2,1-2H3,(H,28,30). The third-order valence-corrected chi connectivity index (χ3v) is 7.16. The highest BCUT2D eigenvalue weighted by atomic mass is 32.1. The molecule has 0 bridgehead atoms. The average Bonchev–Trinajstić information content (AvgIpc) is 3.44. The second-order valence-corrected chi connectivity index (χ2v) is 9.76. The van der Waals surface area contributed by atoms with Crippen molar-refractivity contribution in [2.75, 3.05) is 31.7 Å². The molecule has 0 aliphatic carbocycles. The van der Waals surface area contributed by atoms with E-state index in [-0.39, 0.29) is 36.9 Å². The summed E-state index contributed by atoms with van der Waals surface area (Å²) in [5.41, 5.74) is 2.36. The summed E-state index contributed by atoms with van der Waals surface area (Å²) in [6.45, 7) is 9.17. The molecule has 2 aliphatic heterocycles. The molecule has 1 fully saturated rings. The van der Waals surface area contributed by atoms with E-state index in [2.05, 4.69) is 18.0 Å². The Hall–Kier alpha value is -3.71. The number of hydrogen-bond donors (Lipinski definition) is 1. The average molecular weight is 512 g/mol. The minimum Gasteiger partial charge on any atom is -0.494 e. The zero-order chi connectivity index (χ0) is 25.7. The van der Waals surface area contributed by atoms with E-state index in [1.54, 1.807) is 4.90 Å². The number of carbonyl (C=O) groups is 2. The second-order valence-electron chi connectivity index (χ2n) is 8.65. The van der Waals surface area contributed by atoms with Crippen molar-refractivity contribution in [1.29, 1.82) is 5.26 Å². The Morgan fingerprint density at radius 2 is 2.25 bits per heavy atom. The highest BCUT2D eigenvalue weighted by molar-refractivity contribution is 7.16. The van der Waals surface area contributed by atoms with Gasteiger partial charge in [-0.15, -0.1) is 11.3 Å². The monoisotopic (exact) mass is 511 g/mol. The van der Waals surface area contributed by atoms with Crippen LogP contribution in [0.25, 0.3) is 0 Å². The van der Waals surface area contributed by atoms with Crippen molar-refractivity contribution in [2.45, 2.75) is 45.3 Å². The fourth-order valence-corrected chi connectivity index (χ4v) is 5.42. The van der Waals surface area contributed by atoms with Gasteiger partial charge in [-0.25, -0.2) is 4.79 Å². The molecular weight excluding hydrogens is 482 g/mol. The molecule has 2 unspecified atom stereocenters. The van der Waals surface area contributed by atoms with Crippen molar-refractivity contribution in [3.05, 3.63) is 58.4 Å². The predicted molar refractivity (Wildman–Crippen MR) is 134 cm³/mol. The topological polar surface area (TPSA) is 110 Å². The van der Waals surface area contributed by atoms with E-state index in [9.17, 15) is 14.9 Å². The van der Waals surface area contributed by atoms with Crippen LogP contribution in [0.1, 0.15) is 47.8 Å². The van der Waals surface area contributed by atoms with Crippen LogP contribution in [-0.4, -0.2) is 49.4 Å². The molecule has 0 spiro atoms. The normalized spacial score (nSPS) is 17.3. The molecule has 10 heteroatoms. The van der Waals surface area contributed by atoms with Crippen LogP contribution in [0.3, 0.4) is 0 Å². The second kappa shape index (κ2) is 11.4. The summed E-state index contributed by atoms with van der Waals surface area (Å²) in [4.78, 5) is 27.8. The van der Waals surface area contributed by atoms with Gasteiger partial charge < -0.3 is 29.2 Å². The number of nitrogens with one attached hydrogen (secondary N) is 1. The summed E-state index contributed by atoms with van der Waals surface area (Å²) in [7, 11) is 0. The van der Waals surface area contributed by atoms with Crippen LogP contribution in [0.5, 0.6) is 5.75 Å². The Kier molecular flexibility index (Phi) is 8.00. The Balaban J connectivity index is 1.36. The summed E-state index contributed by atoms with van der Waals surface area (Å²) < 4.78 is 21.4. The lowest BCUT2D eigenvalue weighted by Gasteiger charge is -2.26. The van der Waals surface area contributed by atoms with E-state index >= 15 is 0 Å². The minimum absolute atomic E-state index is 0.0257. The quantitative estimate of drug-likeness (QED) is 0.554. The fourth-order valence-electron chi connectivity index (χ4n) is 4.19. The van der Waals surface area contributed by atoms with Crippen LogP contribution in [0.15, 0.2) is 36.8 Å². The number of nitriles is 1. The van der Waals surface area contributed by atoms with Crippen molar-refractivity contribution in [2.24, 2.45) is 0 Å². The fraction of sp³-hybridized carbons (Fsp3) is 0.423. The van der Waals surface area contributed by atoms with Gasteiger partial charge in [0.2, 0.25) is 5.91 Å². The van der Waals surface area contributed by atoms with E-state index in [0.29, 0.717) is 43.3 Å².